The average molecular weight is 383 g/mol. The molecule has 0 unspecified atom stereocenters. The zero-order valence-electron chi connectivity index (χ0n) is 14.1. The summed E-state index contributed by atoms with van der Waals surface area (Å²) in [6, 6.07) is 8.14. The Balaban J connectivity index is 2.07. The van der Waals surface area contributed by atoms with E-state index in [4.69, 9.17) is 0 Å². The topological polar surface area (TPSA) is 84.4 Å². The van der Waals surface area contributed by atoms with Gasteiger partial charge in [0.15, 0.2) is 9.84 Å². The molecular formula is C17H22N2O4S2. The largest absolute Gasteiger partial charge is 0.255 e. The van der Waals surface area contributed by atoms with Gasteiger partial charge in [0.25, 0.3) is 0 Å². The number of hydrogen-bond acceptors (Lipinski definition) is 5. The molecule has 1 atom stereocenters. The SMILES string of the molecule is CCCCN([C@@H]1CCS(=O)(=O)C1)S(=O)(=O)c1cccc2cccnc12. The molecule has 0 radical (unpaired) electrons. The number of rotatable bonds is 6. The highest BCUT2D eigenvalue weighted by molar-refractivity contribution is 7.92. The first-order chi connectivity index (χ1) is 11.8. The molecule has 1 aromatic heterocycles. The van der Waals surface area contributed by atoms with Gasteiger partial charge in [0, 0.05) is 24.2 Å². The van der Waals surface area contributed by atoms with Gasteiger partial charge in [-0.05, 0) is 25.0 Å². The summed E-state index contributed by atoms with van der Waals surface area (Å²) in [5.74, 6) is -0.0578. The number of unbranched alkanes of at least 4 members (excludes halogenated alkanes) is 1. The fourth-order valence-corrected chi connectivity index (χ4v) is 6.91. The van der Waals surface area contributed by atoms with Crippen LogP contribution in [0.15, 0.2) is 41.4 Å². The van der Waals surface area contributed by atoms with Crippen LogP contribution >= 0.6 is 0 Å². The van der Waals surface area contributed by atoms with Crippen LogP contribution in [0.25, 0.3) is 10.9 Å². The second kappa shape index (κ2) is 7.01. The smallest absolute Gasteiger partial charge is 0.245 e. The number of hydrogen-bond donors (Lipinski definition) is 0. The normalized spacial score (nSPS) is 20.3. The van der Waals surface area contributed by atoms with E-state index < -0.39 is 25.9 Å². The Kier molecular flexibility index (Phi) is 5.13. The molecule has 6 nitrogen and oxygen atoms in total. The highest BCUT2D eigenvalue weighted by Crippen LogP contribution is 2.29. The van der Waals surface area contributed by atoms with Crippen LogP contribution in [0.2, 0.25) is 0 Å². The minimum atomic E-state index is -3.83. The summed E-state index contributed by atoms with van der Waals surface area (Å²) in [5, 5.41) is 0.748. The molecule has 1 aliphatic rings. The lowest BCUT2D eigenvalue weighted by molar-refractivity contribution is 0.335. The molecule has 1 saturated heterocycles. The molecule has 2 heterocycles. The Morgan fingerprint density at radius 3 is 2.68 bits per heavy atom. The van der Waals surface area contributed by atoms with Crippen LogP contribution < -0.4 is 0 Å². The van der Waals surface area contributed by atoms with Crippen molar-refractivity contribution >= 4 is 30.8 Å². The van der Waals surface area contributed by atoms with E-state index in [1.165, 1.54) is 4.31 Å². The maximum Gasteiger partial charge on any atom is 0.245 e. The molecular weight excluding hydrogens is 360 g/mol. The quantitative estimate of drug-likeness (QED) is 0.765. The third kappa shape index (κ3) is 3.70. The summed E-state index contributed by atoms with van der Waals surface area (Å²) in [4.78, 5) is 4.39. The standard InChI is InChI=1S/C17H22N2O4S2/c1-2-3-11-19(15-9-12-24(20,21)13-15)25(22,23)16-8-4-6-14-7-5-10-18-17(14)16/h4-8,10,15H,2-3,9,11-13H2,1H3/t15-/m1/s1. The van der Waals surface area contributed by atoms with Gasteiger partial charge in [-0.15, -0.1) is 0 Å². The molecule has 0 N–H and O–H groups in total. The predicted octanol–water partition coefficient (Wildman–Crippen LogP) is 2.21. The maximum absolute atomic E-state index is 13.3. The van der Waals surface area contributed by atoms with Gasteiger partial charge >= 0.3 is 0 Å². The van der Waals surface area contributed by atoms with E-state index in [1.54, 1.807) is 24.4 Å². The van der Waals surface area contributed by atoms with Crippen molar-refractivity contribution in [3.05, 3.63) is 36.5 Å². The van der Waals surface area contributed by atoms with Crippen molar-refractivity contribution < 1.29 is 16.8 Å². The Morgan fingerprint density at radius 2 is 2.00 bits per heavy atom. The number of pyridine rings is 1. The van der Waals surface area contributed by atoms with Crippen molar-refractivity contribution in [2.45, 2.75) is 37.1 Å². The van der Waals surface area contributed by atoms with Gasteiger partial charge in [-0.25, -0.2) is 16.8 Å². The zero-order chi connectivity index (χ0) is 18.1. The first-order valence-corrected chi connectivity index (χ1v) is 11.7. The molecule has 1 fully saturated rings. The zero-order valence-corrected chi connectivity index (χ0v) is 15.8. The number of nitrogens with zero attached hydrogens (tertiary/aromatic N) is 2. The summed E-state index contributed by atoms with van der Waals surface area (Å²) in [5.41, 5.74) is 0.423. The van der Waals surface area contributed by atoms with E-state index in [-0.39, 0.29) is 16.4 Å². The first kappa shape index (κ1) is 18.3. The van der Waals surface area contributed by atoms with Crippen molar-refractivity contribution in [1.82, 2.24) is 9.29 Å². The monoisotopic (exact) mass is 382 g/mol. The molecule has 136 valence electrons. The van der Waals surface area contributed by atoms with Crippen LogP contribution in [-0.4, -0.2) is 50.2 Å². The number of fused-ring (bicyclic) bond motifs is 1. The molecule has 0 aliphatic carbocycles. The number of sulfone groups is 1. The molecule has 1 aromatic carbocycles. The van der Waals surface area contributed by atoms with Gasteiger partial charge < -0.3 is 0 Å². The van der Waals surface area contributed by atoms with Crippen LogP contribution in [0.1, 0.15) is 26.2 Å². The summed E-state index contributed by atoms with van der Waals surface area (Å²) in [6.45, 7) is 2.30. The van der Waals surface area contributed by atoms with Crippen LogP contribution in [-0.2, 0) is 19.9 Å². The minimum Gasteiger partial charge on any atom is -0.255 e. The van der Waals surface area contributed by atoms with Crippen LogP contribution in [0.4, 0.5) is 0 Å². The van der Waals surface area contributed by atoms with Gasteiger partial charge in [0.05, 0.1) is 17.0 Å². The molecule has 0 bridgehead atoms. The van der Waals surface area contributed by atoms with Gasteiger partial charge in [-0.2, -0.15) is 4.31 Å². The fourth-order valence-electron chi connectivity index (χ4n) is 3.23. The number of para-hydroxylation sites is 1. The Labute approximate surface area is 148 Å². The lowest BCUT2D eigenvalue weighted by atomic mass is 10.2. The highest BCUT2D eigenvalue weighted by Gasteiger charge is 2.39. The average Bonchev–Trinajstić information content (AvgIpc) is 2.94. The number of sulfonamides is 1. The molecule has 8 heteroatoms. The molecule has 3 rings (SSSR count). The summed E-state index contributed by atoms with van der Waals surface area (Å²) >= 11 is 0. The van der Waals surface area contributed by atoms with Gasteiger partial charge in [-0.1, -0.05) is 31.5 Å². The molecule has 0 spiro atoms. The summed E-state index contributed by atoms with van der Waals surface area (Å²) in [6.07, 6.45) is 3.44. The van der Waals surface area contributed by atoms with Crippen molar-refractivity contribution in [3.8, 4) is 0 Å². The van der Waals surface area contributed by atoms with Crippen molar-refractivity contribution in [3.63, 3.8) is 0 Å². The van der Waals surface area contributed by atoms with Crippen LogP contribution in [0.3, 0.4) is 0 Å². The van der Waals surface area contributed by atoms with Crippen molar-refractivity contribution in [2.75, 3.05) is 18.1 Å². The highest BCUT2D eigenvalue weighted by atomic mass is 32.2. The minimum absolute atomic E-state index is 0.0452. The van der Waals surface area contributed by atoms with Crippen molar-refractivity contribution in [2.24, 2.45) is 0 Å². The Hall–Kier alpha value is -1.51. The lowest BCUT2D eigenvalue weighted by Crippen LogP contribution is -2.41. The maximum atomic E-state index is 13.3. The van der Waals surface area contributed by atoms with Gasteiger partial charge in [0.1, 0.15) is 4.90 Å². The van der Waals surface area contributed by atoms with E-state index in [9.17, 15) is 16.8 Å². The number of aromatic nitrogens is 1. The van der Waals surface area contributed by atoms with E-state index in [2.05, 4.69) is 4.98 Å². The second-order valence-corrected chi connectivity index (χ2v) is 10.4. The van der Waals surface area contributed by atoms with Gasteiger partial charge in [-0.3, -0.25) is 4.98 Å². The lowest BCUT2D eigenvalue weighted by Gasteiger charge is -2.27. The molecule has 1 aliphatic heterocycles. The van der Waals surface area contributed by atoms with Gasteiger partial charge in [0.2, 0.25) is 10.0 Å². The van der Waals surface area contributed by atoms with E-state index in [0.717, 1.165) is 11.8 Å². The third-order valence-corrected chi connectivity index (χ3v) is 8.26. The summed E-state index contributed by atoms with van der Waals surface area (Å²) in [7, 11) is -7.00. The van der Waals surface area contributed by atoms with Crippen molar-refractivity contribution in [1.29, 1.82) is 0 Å². The number of benzene rings is 1. The fraction of sp³-hybridized carbons (Fsp3) is 0.471. The summed E-state index contributed by atoms with van der Waals surface area (Å²) < 4.78 is 51.8. The second-order valence-electron chi connectivity index (χ2n) is 6.36. The molecule has 25 heavy (non-hydrogen) atoms. The van der Waals surface area contributed by atoms with E-state index in [1.807, 2.05) is 19.1 Å². The molecule has 0 saturated carbocycles. The van der Waals surface area contributed by atoms with Crippen LogP contribution in [0.5, 0.6) is 0 Å². The molecule has 2 aromatic rings. The van der Waals surface area contributed by atoms with E-state index in [0.29, 0.717) is 24.9 Å². The molecule has 0 amide bonds. The predicted molar refractivity (Wildman–Crippen MR) is 97.6 cm³/mol. The first-order valence-electron chi connectivity index (χ1n) is 8.41. The Morgan fingerprint density at radius 1 is 1.24 bits per heavy atom. The third-order valence-electron chi connectivity index (χ3n) is 4.53. The Bertz CT molecular complexity index is 966. The van der Waals surface area contributed by atoms with Crippen LogP contribution in [0, 0.1) is 0 Å². The van der Waals surface area contributed by atoms with E-state index >= 15 is 0 Å².